The summed E-state index contributed by atoms with van der Waals surface area (Å²) in [5.41, 5.74) is 0. The van der Waals surface area contributed by atoms with Crippen LogP contribution in [0.5, 0.6) is 0 Å². The maximum atomic E-state index is 12.2. The number of ether oxygens (including phenoxy) is 2. The molecule has 0 saturated heterocycles. The van der Waals surface area contributed by atoms with E-state index in [9.17, 15) is 14.7 Å². The molecule has 0 heterocycles. The third kappa shape index (κ3) is 40.1. The first kappa shape index (κ1) is 49.3. The Morgan fingerprint density at radius 2 is 0.808 bits per heavy atom. The van der Waals surface area contributed by atoms with Gasteiger partial charge in [0.2, 0.25) is 0 Å². The number of esters is 2. The predicted octanol–water partition coefficient (Wildman–Crippen LogP) is 13.7. The van der Waals surface area contributed by atoms with Crippen LogP contribution in [-0.4, -0.2) is 36.4 Å². The molecule has 1 atom stereocenters. The number of carbonyl (C=O) groups excluding carboxylic acids is 2. The summed E-state index contributed by atoms with van der Waals surface area (Å²) in [5.74, 6) is -0.691. The fraction of sp³-hybridized carbons (Fsp3) is 0.702. The van der Waals surface area contributed by atoms with Crippen LogP contribution in [0, 0.1) is 0 Å². The van der Waals surface area contributed by atoms with Crippen LogP contribution in [0.4, 0.5) is 0 Å². The van der Waals surface area contributed by atoms with Gasteiger partial charge in [-0.05, 0) is 77.0 Å². The van der Waals surface area contributed by atoms with Gasteiger partial charge in [0.15, 0.2) is 6.10 Å². The van der Waals surface area contributed by atoms with Crippen LogP contribution in [0.3, 0.4) is 0 Å². The average Bonchev–Trinajstić information content (AvgIpc) is 3.15. The molecule has 0 aromatic rings. The molecule has 0 fully saturated rings. The van der Waals surface area contributed by atoms with Gasteiger partial charge in [-0.15, -0.1) is 0 Å². The second-order valence-electron chi connectivity index (χ2n) is 14.1. The van der Waals surface area contributed by atoms with E-state index in [4.69, 9.17) is 9.47 Å². The zero-order chi connectivity index (χ0) is 37.8. The van der Waals surface area contributed by atoms with E-state index in [0.717, 1.165) is 44.9 Å². The molecule has 298 valence electrons. The van der Waals surface area contributed by atoms with Crippen molar-refractivity contribution in [3.05, 3.63) is 72.9 Å². The van der Waals surface area contributed by atoms with Gasteiger partial charge in [0.1, 0.15) is 6.61 Å². The lowest BCUT2D eigenvalue weighted by atomic mass is 10.1. The highest BCUT2D eigenvalue weighted by Crippen LogP contribution is 2.13. The number of aliphatic hydroxyl groups excluding tert-OH is 1. The van der Waals surface area contributed by atoms with Crippen molar-refractivity contribution >= 4 is 11.9 Å². The van der Waals surface area contributed by atoms with Crippen molar-refractivity contribution in [1.29, 1.82) is 0 Å². The Bertz CT molecular complexity index is 957. The van der Waals surface area contributed by atoms with Crippen LogP contribution in [-0.2, 0) is 19.1 Å². The van der Waals surface area contributed by atoms with Crippen molar-refractivity contribution in [3.63, 3.8) is 0 Å². The molecule has 52 heavy (non-hydrogen) atoms. The van der Waals surface area contributed by atoms with E-state index in [0.29, 0.717) is 12.8 Å². The molecule has 5 nitrogen and oxygen atoms in total. The summed E-state index contributed by atoms with van der Waals surface area (Å²) in [6.07, 6.45) is 56.9. The maximum Gasteiger partial charge on any atom is 0.306 e. The highest BCUT2D eigenvalue weighted by Gasteiger charge is 2.15. The molecule has 5 heteroatoms. The minimum atomic E-state index is -0.805. The molecule has 0 spiro atoms. The van der Waals surface area contributed by atoms with E-state index in [-0.39, 0.29) is 31.6 Å². The molecule has 0 aliphatic heterocycles. The van der Waals surface area contributed by atoms with E-state index in [1.807, 2.05) is 12.2 Å². The van der Waals surface area contributed by atoms with E-state index >= 15 is 0 Å². The number of rotatable bonds is 38. The minimum Gasteiger partial charge on any atom is -0.462 e. The summed E-state index contributed by atoms with van der Waals surface area (Å²) in [6, 6.07) is 0. The molecule has 0 aliphatic carbocycles. The molecule has 0 aromatic heterocycles. The quantitative estimate of drug-likeness (QED) is 0.0390. The Hall–Kier alpha value is -2.66. The summed E-state index contributed by atoms with van der Waals surface area (Å²) in [5, 5.41) is 9.57. The summed E-state index contributed by atoms with van der Waals surface area (Å²) >= 11 is 0. The maximum absolute atomic E-state index is 12.2. The van der Waals surface area contributed by atoms with Gasteiger partial charge in [0, 0.05) is 12.8 Å². The summed E-state index contributed by atoms with van der Waals surface area (Å²) in [7, 11) is 0. The number of aliphatic hydroxyl groups is 1. The minimum absolute atomic E-state index is 0.109. The molecule has 0 amide bonds. The number of hydrogen-bond acceptors (Lipinski definition) is 5. The number of allylic oxidation sites excluding steroid dienone is 12. The second kappa shape index (κ2) is 42.8. The van der Waals surface area contributed by atoms with Crippen LogP contribution >= 0.6 is 0 Å². The van der Waals surface area contributed by atoms with Gasteiger partial charge in [0.05, 0.1) is 6.61 Å². The monoisotopic (exact) mass is 725 g/mol. The van der Waals surface area contributed by atoms with Crippen molar-refractivity contribution in [1.82, 2.24) is 0 Å². The number of carbonyl (C=O) groups is 2. The Kier molecular flexibility index (Phi) is 40.6. The van der Waals surface area contributed by atoms with Gasteiger partial charge in [-0.1, -0.05) is 177 Å². The lowest BCUT2D eigenvalue weighted by Gasteiger charge is -2.15. The number of unbranched alkanes of at least 4 members (excludes halogenated alkanes) is 18. The van der Waals surface area contributed by atoms with Gasteiger partial charge < -0.3 is 14.6 Å². The zero-order valence-electron chi connectivity index (χ0n) is 33.8. The molecular formula is C47H80O5. The zero-order valence-corrected chi connectivity index (χ0v) is 33.8. The topological polar surface area (TPSA) is 72.8 Å². The van der Waals surface area contributed by atoms with Crippen LogP contribution in [0.15, 0.2) is 72.9 Å². The average molecular weight is 725 g/mol. The predicted molar refractivity (Wildman–Crippen MR) is 223 cm³/mol. The normalized spacial score (nSPS) is 12.9. The molecule has 0 saturated carbocycles. The highest BCUT2D eigenvalue weighted by atomic mass is 16.6. The summed E-state index contributed by atoms with van der Waals surface area (Å²) in [4.78, 5) is 24.3. The molecule has 0 aliphatic rings. The molecule has 0 rings (SSSR count). The lowest BCUT2D eigenvalue weighted by Crippen LogP contribution is -2.28. The molecular weight excluding hydrogens is 645 g/mol. The first-order valence-corrected chi connectivity index (χ1v) is 21.5. The SMILES string of the molecule is CCCCCC=CCC=CCC=CCC=CCC=CCCC(=O)OC[C@H](CO)OC(=O)CCCCCCCCCCCC=CCCCCCCCC. The van der Waals surface area contributed by atoms with Crippen molar-refractivity contribution in [2.45, 2.75) is 200 Å². The van der Waals surface area contributed by atoms with Crippen molar-refractivity contribution in [3.8, 4) is 0 Å². The Labute approximate surface area is 321 Å². The van der Waals surface area contributed by atoms with Gasteiger partial charge >= 0.3 is 11.9 Å². The van der Waals surface area contributed by atoms with Crippen LogP contribution in [0.1, 0.15) is 194 Å². The standard InChI is InChI=1S/C47H80O5/c1-3-5-7-9-11-13-15-17-19-21-23-25-27-29-31-33-35-37-39-41-46(49)51-44-45(43-48)52-47(50)42-40-38-36-34-32-30-28-26-24-22-20-18-16-14-12-10-8-6-4-2/h11,13,17-20,23,25,29,31,35,37,45,48H,3-10,12,14-16,21-22,24,26-28,30,32-34,36,38-44H2,1-2H3/t45-/m0/s1. The summed E-state index contributed by atoms with van der Waals surface area (Å²) < 4.78 is 10.6. The summed E-state index contributed by atoms with van der Waals surface area (Å²) in [6.45, 7) is 4.04. The largest absolute Gasteiger partial charge is 0.462 e. The van der Waals surface area contributed by atoms with Crippen LogP contribution in [0.25, 0.3) is 0 Å². The van der Waals surface area contributed by atoms with Crippen molar-refractivity contribution in [2.24, 2.45) is 0 Å². The lowest BCUT2D eigenvalue weighted by molar-refractivity contribution is -0.161. The van der Waals surface area contributed by atoms with Gasteiger partial charge in [-0.3, -0.25) is 9.59 Å². The van der Waals surface area contributed by atoms with E-state index < -0.39 is 6.10 Å². The van der Waals surface area contributed by atoms with Crippen molar-refractivity contribution in [2.75, 3.05) is 13.2 Å². The highest BCUT2D eigenvalue weighted by molar-refractivity contribution is 5.70. The van der Waals surface area contributed by atoms with E-state index in [1.54, 1.807) is 0 Å². The Morgan fingerprint density at radius 1 is 0.442 bits per heavy atom. The third-order valence-electron chi connectivity index (χ3n) is 8.99. The molecule has 0 unspecified atom stereocenters. The van der Waals surface area contributed by atoms with E-state index in [1.165, 1.54) is 116 Å². The van der Waals surface area contributed by atoms with Crippen LogP contribution in [0.2, 0.25) is 0 Å². The fourth-order valence-electron chi connectivity index (χ4n) is 5.71. The Balaban J connectivity index is 3.67. The van der Waals surface area contributed by atoms with Gasteiger partial charge in [-0.2, -0.15) is 0 Å². The smallest absolute Gasteiger partial charge is 0.306 e. The van der Waals surface area contributed by atoms with Gasteiger partial charge in [-0.25, -0.2) is 0 Å². The molecule has 0 aromatic carbocycles. The van der Waals surface area contributed by atoms with Crippen LogP contribution < -0.4 is 0 Å². The van der Waals surface area contributed by atoms with Crippen molar-refractivity contribution < 1.29 is 24.2 Å². The first-order valence-electron chi connectivity index (χ1n) is 21.5. The first-order chi connectivity index (χ1) is 25.6. The fourth-order valence-corrected chi connectivity index (χ4v) is 5.71. The Morgan fingerprint density at radius 3 is 1.29 bits per heavy atom. The second-order valence-corrected chi connectivity index (χ2v) is 14.1. The molecule has 0 radical (unpaired) electrons. The molecule has 0 bridgehead atoms. The third-order valence-corrected chi connectivity index (χ3v) is 8.99. The van der Waals surface area contributed by atoms with E-state index in [2.05, 4.69) is 74.6 Å². The molecule has 1 N–H and O–H groups in total. The number of hydrogen-bond donors (Lipinski definition) is 1. The van der Waals surface area contributed by atoms with Gasteiger partial charge in [0.25, 0.3) is 0 Å².